The molecule has 0 fully saturated rings. The van der Waals surface area contributed by atoms with Crippen molar-refractivity contribution in [2.24, 2.45) is 5.10 Å². The summed E-state index contributed by atoms with van der Waals surface area (Å²) in [6, 6.07) is 11.9. The molecule has 4 rings (SSSR count). The normalized spacial score (nSPS) is 12.4. The molecule has 0 saturated heterocycles. The highest BCUT2D eigenvalue weighted by Gasteiger charge is 2.31. The average molecular weight is 449 g/mol. The van der Waals surface area contributed by atoms with Crippen LogP contribution in [0.3, 0.4) is 0 Å². The molecule has 0 radical (unpaired) electrons. The summed E-state index contributed by atoms with van der Waals surface area (Å²) in [5.41, 5.74) is 4.12. The quantitative estimate of drug-likeness (QED) is 0.219. The van der Waals surface area contributed by atoms with E-state index in [0.29, 0.717) is 39.7 Å². The fourth-order valence-corrected chi connectivity index (χ4v) is 3.06. The molecule has 0 spiro atoms. The van der Waals surface area contributed by atoms with Gasteiger partial charge in [-0.1, -0.05) is 22.8 Å². The summed E-state index contributed by atoms with van der Waals surface area (Å²) in [7, 11) is 0. The van der Waals surface area contributed by atoms with Crippen molar-refractivity contribution in [1.29, 1.82) is 0 Å². The smallest absolute Gasteiger partial charge is 0.355 e. The zero-order chi connectivity index (χ0) is 22.2. The molecule has 0 unspecified atom stereocenters. The van der Waals surface area contributed by atoms with E-state index in [1.165, 1.54) is 12.1 Å². The van der Waals surface area contributed by atoms with Gasteiger partial charge in [-0.3, -0.25) is 5.43 Å². The molecule has 31 heavy (non-hydrogen) atoms. The Morgan fingerprint density at radius 3 is 2.52 bits per heavy atom. The molecule has 0 bridgehead atoms. The van der Waals surface area contributed by atoms with E-state index < -0.39 is 11.7 Å². The van der Waals surface area contributed by atoms with Gasteiger partial charge in [0.05, 0.1) is 21.7 Å². The van der Waals surface area contributed by atoms with Gasteiger partial charge in [0.25, 0.3) is 0 Å². The number of alkyl halides is 3. The number of hydrogen-bond donors (Lipinski definition) is 1. The monoisotopic (exact) mass is 448 g/mol. The molecule has 0 aliphatic heterocycles. The van der Waals surface area contributed by atoms with E-state index in [-0.39, 0.29) is 16.7 Å². The molecule has 2 heterocycles. The van der Waals surface area contributed by atoms with Crippen molar-refractivity contribution in [2.75, 3.05) is 5.43 Å². The Bertz CT molecular complexity index is 1280. The number of benzene rings is 2. The van der Waals surface area contributed by atoms with Crippen LogP contribution >= 0.6 is 11.6 Å². The van der Waals surface area contributed by atoms with Gasteiger partial charge in [-0.2, -0.15) is 18.3 Å². The highest BCUT2D eigenvalue weighted by atomic mass is 35.5. The number of aromatic nitrogens is 2. The van der Waals surface area contributed by atoms with E-state index in [9.17, 15) is 17.6 Å². The third-order valence-corrected chi connectivity index (χ3v) is 4.79. The summed E-state index contributed by atoms with van der Waals surface area (Å²) in [5.74, 6) is 0.106. The van der Waals surface area contributed by atoms with Crippen LogP contribution in [0.1, 0.15) is 18.1 Å². The summed E-state index contributed by atoms with van der Waals surface area (Å²) in [6.07, 6.45) is -3.86. The second-order valence-electron chi connectivity index (χ2n) is 6.61. The van der Waals surface area contributed by atoms with Crippen LogP contribution in [0.2, 0.25) is 5.02 Å². The van der Waals surface area contributed by atoms with Crippen molar-refractivity contribution < 1.29 is 22.1 Å². The Morgan fingerprint density at radius 1 is 1.10 bits per heavy atom. The van der Waals surface area contributed by atoms with Crippen molar-refractivity contribution in [3.63, 3.8) is 0 Å². The first-order chi connectivity index (χ1) is 14.7. The molecule has 2 aromatic carbocycles. The summed E-state index contributed by atoms with van der Waals surface area (Å²) in [4.78, 5) is 3.69. The molecule has 0 aliphatic rings. The Hall–Kier alpha value is -3.46. The zero-order valence-corrected chi connectivity index (χ0v) is 16.6. The highest BCUT2D eigenvalue weighted by Crippen LogP contribution is 2.33. The van der Waals surface area contributed by atoms with Crippen molar-refractivity contribution >= 4 is 34.0 Å². The molecule has 4 aromatic rings. The lowest BCUT2D eigenvalue weighted by Gasteiger charge is -2.09. The van der Waals surface area contributed by atoms with Gasteiger partial charge >= 0.3 is 6.18 Å². The maximum atomic E-state index is 13.2. The third-order valence-electron chi connectivity index (χ3n) is 4.50. The summed E-state index contributed by atoms with van der Waals surface area (Å²) in [6.45, 7) is 1.71. The van der Waals surface area contributed by atoms with Crippen molar-refractivity contribution in [1.82, 2.24) is 10.1 Å². The standard InChI is InChI=1S/C21H13ClF4N4O/c1-11(28-29-20-17(22)9-14(10-27-20)21(24,25)26)13-4-7-18-16(8-13)19(31-30-18)12-2-5-15(23)6-3-12/h2-10H,1H3,(H,27,29). The van der Waals surface area contributed by atoms with E-state index in [4.69, 9.17) is 16.1 Å². The Morgan fingerprint density at radius 2 is 1.84 bits per heavy atom. The lowest BCUT2D eigenvalue weighted by atomic mass is 10.0. The Balaban J connectivity index is 1.62. The summed E-state index contributed by atoms with van der Waals surface area (Å²) >= 11 is 5.89. The second-order valence-corrected chi connectivity index (χ2v) is 7.02. The number of nitrogens with one attached hydrogen (secondary N) is 1. The molecular weight excluding hydrogens is 436 g/mol. The number of rotatable bonds is 4. The maximum Gasteiger partial charge on any atom is 0.417 e. The molecule has 5 nitrogen and oxygen atoms in total. The predicted molar refractivity (Wildman–Crippen MR) is 109 cm³/mol. The van der Waals surface area contributed by atoms with Crippen LogP contribution in [0.25, 0.3) is 22.2 Å². The molecular formula is C21H13ClF4N4O. The topological polar surface area (TPSA) is 63.3 Å². The van der Waals surface area contributed by atoms with Crippen molar-refractivity contribution in [3.8, 4) is 11.3 Å². The van der Waals surface area contributed by atoms with Crippen LogP contribution in [-0.4, -0.2) is 15.9 Å². The van der Waals surface area contributed by atoms with E-state index in [0.717, 1.165) is 6.07 Å². The minimum Gasteiger partial charge on any atom is -0.355 e. The minimum absolute atomic E-state index is 0.00734. The van der Waals surface area contributed by atoms with Crippen molar-refractivity contribution in [2.45, 2.75) is 13.1 Å². The summed E-state index contributed by atoms with van der Waals surface area (Å²) < 4.78 is 56.8. The van der Waals surface area contributed by atoms with Crippen LogP contribution in [0, 0.1) is 5.82 Å². The van der Waals surface area contributed by atoms with E-state index in [1.807, 2.05) is 0 Å². The highest BCUT2D eigenvalue weighted by molar-refractivity contribution is 6.33. The Labute approximate surface area is 178 Å². The molecule has 10 heteroatoms. The van der Waals surface area contributed by atoms with Gasteiger partial charge in [-0.05, 0) is 55.0 Å². The van der Waals surface area contributed by atoms with Crippen LogP contribution in [0.4, 0.5) is 23.4 Å². The first kappa shape index (κ1) is 20.8. The van der Waals surface area contributed by atoms with Crippen LogP contribution in [-0.2, 0) is 6.18 Å². The number of anilines is 1. The lowest BCUT2D eigenvalue weighted by molar-refractivity contribution is -0.137. The average Bonchev–Trinajstić information content (AvgIpc) is 3.15. The number of hydrogen-bond acceptors (Lipinski definition) is 5. The molecule has 0 saturated carbocycles. The van der Waals surface area contributed by atoms with E-state index >= 15 is 0 Å². The fourth-order valence-electron chi connectivity index (χ4n) is 2.85. The number of hydrazone groups is 1. The molecule has 1 N–H and O–H groups in total. The molecule has 158 valence electrons. The second kappa shape index (κ2) is 7.99. The molecule has 0 amide bonds. The first-order valence-corrected chi connectivity index (χ1v) is 9.29. The van der Waals surface area contributed by atoms with Gasteiger partial charge in [0.15, 0.2) is 11.6 Å². The van der Waals surface area contributed by atoms with E-state index in [1.54, 1.807) is 37.3 Å². The van der Waals surface area contributed by atoms with Gasteiger partial charge in [0, 0.05) is 11.8 Å². The molecule has 0 aliphatic carbocycles. The van der Waals surface area contributed by atoms with E-state index in [2.05, 4.69) is 20.7 Å². The first-order valence-electron chi connectivity index (χ1n) is 8.91. The summed E-state index contributed by atoms with van der Waals surface area (Å²) in [5, 5.41) is 8.66. The number of pyridine rings is 1. The van der Waals surface area contributed by atoms with Crippen LogP contribution < -0.4 is 5.43 Å². The number of nitrogens with zero attached hydrogens (tertiary/aromatic N) is 3. The van der Waals surface area contributed by atoms with Crippen LogP contribution in [0.15, 0.2) is 64.4 Å². The largest absolute Gasteiger partial charge is 0.417 e. The fraction of sp³-hybridized carbons (Fsp3) is 0.0952. The predicted octanol–water partition coefficient (Wildman–Crippen LogP) is 6.54. The number of halogens is 5. The van der Waals surface area contributed by atoms with Gasteiger partial charge in [0.2, 0.25) is 0 Å². The van der Waals surface area contributed by atoms with Crippen molar-refractivity contribution in [3.05, 3.63) is 76.7 Å². The minimum atomic E-state index is -4.54. The maximum absolute atomic E-state index is 13.2. The van der Waals surface area contributed by atoms with Gasteiger partial charge in [-0.15, -0.1) is 0 Å². The SMILES string of the molecule is CC(=NNc1ncc(C(F)(F)F)cc1Cl)c1ccc2noc(-c3ccc(F)cc3)c2c1. The van der Waals surface area contributed by atoms with Crippen LogP contribution in [0.5, 0.6) is 0 Å². The molecule has 2 aromatic heterocycles. The van der Waals surface area contributed by atoms with Gasteiger partial charge in [-0.25, -0.2) is 9.37 Å². The molecule has 0 atom stereocenters. The van der Waals surface area contributed by atoms with Gasteiger partial charge < -0.3 is 4.52 Å². The Kier molecular flexibility index (Phi) is 5.36. The lowest BCUT2D eigenvalue weighted by Crippen LogP contribution is -2.07. The third kappa shape index (κ3) is 4.36. The number of fused-ring (bicyclic) bond motifs is 1. The zero-order valence-electron chi connectivity index (χ0n) is 15.8. The van der Waals surface area contributed by atoms with Gasteiger partial charge in [0.1, 0.15) is 11.3 Å².